The predicted octanol–water partition coefficient (Wildman–Crippen LogP) is 2.13. The van der Waals surface area contributed by atoms with Crippen molar-refractivity contribution in [2.45, 2.75) is 25.7 Å². The van der Waals surface area contributed by atoms with Crippen LogP contribution >= 0.6 is 11.8 Å². The first-order valence-corrected chi connectivity index (χ1v) is 6.02. The normalized spacial score (nSPS) is 26.5. The summed E-state index contributed by atoms with van der Waals surface area (Å²) < 4.78 is 0. The molecule has 0 aromatic rings. The average Bonchev–Trinajstić information content (AvgIpc) is 2.28. The van der Waals surface area contributed by atoms with Crippen molar-refractivity contribution >= 4 is 11.8 Å². The molecule has 0 amide bonds. The van der Waals surface area contributed by atoms with E-state index in [1.807, 2.05) is 11.8 Å². The molecule has 1 heterocycles. The van der Waals surface area contributed by atoms with E-state index < -0.39 is 0 Å². The lowest BCUT2D eigenvalue weighted by Gasteiger charge is -2.12. The van der Waals surface area contributed by atoms with Gasteiger partial charge < -0.3 is 5.32 Å². The molecule has 1 aliphatic rings. The molecule has 1 atom stereocenters. The molecule has 1 saturated heterocycles. The average molecular weight is 173 g/mol. The summed E-state index contributed by atoms with van der Waals surface area (Å²) in [7, 11) is 0. The zero-order valence-corrected chi connectivity index (χ0v) is 8.25. The second-order valence-corrected chi connectivity index (χ2v) is 4.33. The molecule has 1 nitrogen and oxygen atoms in total. The maximum Gasteiger partial charge on any atom is -0.00202 e. The van der Waals surface area contributed by atoms with Gasteiger partial charge in [0.15, 0.2) is 0 Å². The SMILES string of the molecule is CSCCC1CCCCNC1. The minimum Gasteiger partial charge on any atom is -0.316 e. The number of thioether (sulfide) groups is 1. The quantitative estimate of drug-likeness (QED) is 0.701. The van der Waals surface area contributed by atoms with Crippen molar-refractivity contribution < 1.29 is 0 Å². The largest absolute Gasteiger partial charge is 0.316 e. The molecular formula is C9H19NS. The smallest absolute Gasteiger partial charge is 0.00202 e. The van der Waals surface area contributed by atoms with Crippen LogP contribution in [-0.4, -0.2) is 25.1 Å². The zero-order chi connectivity index (χ0) is 7.94. The van der Waals surface area contributed by atoms with Crippen molar-refractivity contribution in [3.8, 4) is 0 Å². The molecule has 0 radical (unpaired) electrons. The third kappa shape index (κ3) is 4.02. The van der Waals surface area contributed by atoms with Gasteiger partial charge in [-0.05, 0) is 50.3 Å². The monoisotopic (exact) mass is 173 g/mol. The first-order chi connectivity index (χ1) is 5.43. The minimum absolute atomic E-state index is 0.963. The van der Waals surface area contributed by atoms with E-state index in [1.165, 1.54) is 44.5 Å². The highest BCUT2D eigenvalue weighted by molar-refractivity contribution is 7.98. The maximum atomic E-state index is 3.50. The molecule has 2 heteroatoms. The van der Waals surface area contributed by atoms with Gasteiger partial charge in [-0.25, -0.2) is 0 Å². The third-order valence-corrected chi connectivity index (χ3v) is 3.02. The molecular weight excluding hydrogens is 154 g/mol. The molecule has 1 fully saturated rings. The number of rotatable bonds is 3. The number of hydrogen-bond donors (Lipinski definition) is 1. The van der Waals surface area contributed by atoms with E-state index in [9.17, 15) is 0 Å². The van der Waals surface area contributed by atoms with Crippen molar-refractivity contribution in [3.63, 3.8) is 0 Å². The molecule has 1 aliphatic heterocycles. The summed E-state index contributed by atoms with van der Waals surface area (Å²) in [6, 6.07) is 0. The molecule has 0 aromatic heterocycles. The van der Waals surface area contributed by atoms with Crippen LogP contribution in [0.3, 0.4) is 0 Å². The molecule has 1 rings (SSSR count). The molecule has 1 unspecified atom stereocenters. The van der Waals surface area contributed by atoms with Gasteiger partial charge in [0, 0.05) is 0 Å². The summed E-state index contributed by atoms with van der Waals surface area (Å²) >= 11 is 1.97. The van der Waals surface area contributed by atoms with Crippen LogP contribution in [0.4, 0.5) is 0 Å². The second kappa shape index (κ2) is 5.90. The van der Waals surface area contributed by atoms with Crippen molar-refractivity contribution in [3.05, 3.63) is 0 Å². The summed E-state index contributed by atoms with van der Waals surface area (Å²) in [4.78, 5) is 0. The Balaban J connectivity index is 2.09. The summed E-state index contributed by atoms with van der Waals surface area (Å²) in [6.45, 7) is 2.51. The van der Waals surface area contributed by atoms with Gasteiger partial charge in [-0.1, -0.05) is 6.42 Å². The Labute approximate surface area is 74.3 Å². The number of nitrogens with one attached hydrogen (secondary N) is 1. The third-order valence-electron chi connectivity index (χ3n) is 2.38. The van der Waals surface area contributed by atoms with E-state index in [1.54, 1.807) is 0 Å². The van der Waals surface area contributed by atoms with Gasteiger partial charge in [0.05, 0.1) is 0 Å². The van der Waals surface area contributed by atoms with Gasteiger partial charge in [-0.3, -0.25) is 0 Å². The molecule has 11 heavy (non-hydrogen) atoms. The van der Waals surface area contributed by atoms with Gasteiger partial charge in [-0.15, -0.1) is 0 Å². The van der Waals surface area contributed by atoms with Crippen LogP contribution in [0.15, 0.2) is 0 Å². The maximum absolute atomic E-state index is 3.50. The van der Waals surface area contributed by atoms with Gasteiger partial charge >= 0.3 is 0 Å². The van der Waals surface area contributed by atoms with Crippen LogP contribution < -0.4 is 5.32 Å². The lowest BCUT2D eigenvalue weighted by atomic mass is 10.0. The first-order valence-electron chi connectivity index (χ1n) is 4.63. The summed E-state index contributed by atoms with van der Waals surface area (Å²) in [5.74, 6) is 2.30. The standard InChI is InChI=1S/C9H19NS/c1-11-7-5-9-4-2-3-6-10-8-9/h9-10H,2-8H2,1H3. The van der Waals surface area contributed by atoms with E-state index in [2.05, 4.69) is 11.6 Å². The van der Waals surface area contributed by atoms with Crippen molar-refractivity contribution in [2.75, 3.05) is 25.1 Å². The molecule has 0 spiro atoms. The minimum atomic E-state index is 0.963. The highest BCUT2D eigenvalue weighted by Crippen LogP contribution is 2.16. The van der Waals surface area contributed by atoms with Gasteiger partial charge in [0.2, 0.25) is 0 Å². The van der Waals surface area contributed by atoms with Crippen LogP contribution in [0, 0.1) is 5.92 Å². The Morgan fingerprint density at radius 2 is 2.36 bits per heavy atom. The lowest BCUT2D eigenvalue weighted by molar-refractivity contribution is 0.469. The van der Waals surface area contributed by atoms with Crippen molar-refractivity contribution in [1.82, 2.24) is 5.32 Å². The molecule has 0 bridgehead atoms. The fourth-order valence-corrected chi connectivity index (χ4v) is 2.19. The summed E-state index contributed by atoms with van der Waals surface area (Å²) in [5, 5.41) is 3.50. The van der Waals surface area contributed by atoms with Gasteiger partial charge in [-0.2, -0.15) is 11.8 Å². The first kappa shape index (κ1) is 9.40. The summed E-state index contributed by atoms with van der Waals surface area (Å²) in [6.07, 6.45) is 7.88. The fraction of sp³-hybridized carbons (Fsp3) is 1.00. The lowest BCUT2D eigenvalue weighted by Crippen LogP contribution is -2.20. The topological polar surface area (TPSA) is 12.0 Å². The predicted molar refractivity (Wildman–Crippen MR) is 53.2 cm³/mol. The van der Waals surface area contributed by atoms with E-state index in [0.29, 0.717) is 0 Å². The van der Waals surface area contributed by atoms with Crippen molar-refractivity contribution in [1.29, 1.82) is 0 Å². The van der Waals surface area contributed by atoms with Gasteiger partial charge in [0.25, 0.3) is 0 Å². The second-order valence-electron chi connectivity index (χ2n) is 3.35. The Kier molecular flexibility index (Phi) is 5.04. The van der Waals surface area contributed by atoms with Crippen LogP contribution in [0.1, 0.15) is 25.7 Å². The van der Waals surface area contributed by atoms with Crippen LogP contribution in [0.5, 0.6) is 0 Å². The number of hydrogen-bond acceptors (Lipinski definition) is 2. The highest BCUT2D eigenvalue weighted by Gasteiger charge is 2.10. The van der Waals surface area contributed by atoms with E-state index >= 15 is 0 Å². The van der Waals surface area contributed by atoms with Crippen LogP contribution in [0.2, 0.25) is 0 Å². The molecule has 0 aromatic carbocycles. The Bertz CT molecular complexity index is 87.6. The van der Waals surface area contributed by atoms with E-state index in [-0.39, 0.29) is 0 Å². The molecule has 0 aliphatic carbocycles. The van der Waals surface area contributed by atoms with E-state index in [0.717, 1.165) is 5.92 Å². The van der Waals surface area contributed by atoms with E-state index in [4.69, 9.17) is 0 Å². The Morgan fingerprint density at radius 1 is 1.45 bits per heavy atom. The zero-order valence-electron chi connectivity index (χ0n) is 7.44. The fourth-order valence-electron chi connectivity index (χ4n) is 1.62. The Morgan fingerprint density at radius 3 is 3.18 bits per heavy atom. The summed E-state index contributed by atoms with van der Waals surface area (Å²) in [5.41, 5.74) is 0. The molecule has 0 saturated carbocycles. The molecule has 1 N–H and O–H groups in total. The highest BCUT2D eigenvalue weighted by atomic mass is 32.2. The molecule has 66 valence electrons. The van der Waals surface area contributed by atoms with Crippen molar-refractivity contribution in [2.24, 2.45) is 5.92 Å². The van der Waals surface area contributed by atoms with Crippen LogP contribution in [-0.2, 0) is 0 Å². The Hall–Kier alpha value is 0.310. The van der Waals surface area contributed by atoms with Gasteiger partial charge in [0.1, 0.15) is 0 Å². The van der Waals surface area contributed by atoms with Crippen LogP contribution in [0.25, 0.3) is 0 Å².